The maximum absolute atomic E-state index is 11.8. The molecule has 0 saturated carbocycles. The van der Waals surface area contributed by atoms with E-state index in [4.69, 9.17) is 0 Å². The molecule has 1 atom stereocenters. The highest BCUT2D eigenvalue weighted by atomic mass is 35.5. The second-order valence-electron chi connectivity index (χ2n) is 4.11. The number of carbonyl (C=O) groups excluding carboxylic acids is 1. The zero-order valence-corrected chi connectivity index (χ0v) is 10.6. The molecule has 16 heavy (non-hydrogen) atoms. The van der Waals surface area contributed by atoms with Gasteiger partial charge in [-0.25, -0.2) is 0 Å². The standard InChI is InChI=1S/C12H16N2O.ClH/c1-9-8-12(15)14(3)11-7-5-4-6-10(11)13(9)2;/h4-7,9H,8H2,1-3H3;1H. The van der Waals surface area contributed by atoms with Crippen molar-refractivity contribution in [1.82, 2.24) is 0 Å². The molecule has 88 valence electrons. The van der Waals surface area contributed by atoms with E-state index in [2.05, 4.69) is 17.9 Å². The van der Waals surface area contributed by atoms with Crippen LogP contribution in [0.4, 0.5) is 11.4 Å². The number of para-hydroxylation sites is 2. The number of hydrogen-bond donors (Lipinski definition) is 0. The Hall–Kier alpha value is -1.22. The van der Waals surface area contributed by atoms with Gasteiger partial charge in [-0.2, -0.15) is 0 Å². The van der Waals surface area contributed by atoms with Crippen molar-refractivity contribution < 1.29 is 4.79 Å². The predicted molar refractivity (Wildman–Crippen MR) is 69.6 cm³/mol. The van der Waals surface area contributed by atoms with Crippen LogP contribution in [-0.2, 0) is 4.79 Å². The number of halogens is 1. The molecule has 1 aromatic rings. The molecule has 1 unspecified atom stereocenters. The molecule has 1 amide bonds. The van der Waals surface area contributed by atoms with Crippen molar-refractivity contribution >= 4 is 29.7 Å². The SMILES string of the molecule is CC1CC(=O)N(C)c2ccccc2N1C.Cl. The van der Waals surface area contributed by atoms with Gasteiger partial charge in [-0.3, -0.25) is 4.79 Å². The van der Waals surface area contributed by atoms with Gasteiger partial charge in [0.25, 0.3) is 0 Å². The Morgan fingerprint density at radius 3 is 2.38 bits per heavy atom. The van der Waals surface area contributed by atoms with E-state index in [1.165, 1.54) is 0 Å². The Balaban J connectivity index is 0.00000128. The van der Waals surface area contributed by atoms with Gasteiger partial charge < -0.3 is 9.80 Å². The van der Waals surface area contributed by atoms with E-state index < -0.39 is 0 Å². The first-order chi connectivity index (χ1) is 7.11. The summed E-state index contributed by atoms with van der Waals surface area (Å²) >= 11 is 0. The quantitative estimate of drug-likeness (QED) is 0.695. The topological polar surface area (TPSA) is 23.6 Å². The third kappa shape index (κ3) is 2.00. The summed E-state index contributed by atoms with van der Waals surface area (Å²) in [5, 5.41) is 0. The summed E-state index contributed by atoms with van der Waals surface area (Å²) in [6.07, 6.45) is 0.571. The molecule has 0 aliphatic carbocycles. The monoisotopic (exact) mass is 240 g/mol. The third-order valence-corrected chi connectivity index (χ3v) is 3.13. The minimum atomic E-state index is 0. The van der Waals surface area contributed by atoms with Crippen LogP contribution in [0.25, 0.3) is 0 Å². The summed E-state index contributed by atoms with van der Waals surface area (Å²) in [4.78, 5) is 15.7. The summed E-state index contributed by atoms with van der Waals surface area (Å²) in [5.41, 5.74) is 2.12. The average molecular weight is 241 g/mol. The van der Waals surface area contributed by atoms with Gasteiger partial charge in [-0.1, -0.05) is 12.1 Å². The number of carbonyl (C=O) groups is 1. The molecule has 0 saturated heterocycles. The molecule has 4 heteroatoms. The van der Waals surface area contributed by atoms with Gasteiger partial charge in [0, 0.05) is 26.6 Å². The van der Waals surface area contributed by atoms with E-state index >= 15 is 0 Å². The molecule has 1 aliphatic rings. The normalized spacial score (nSPS) is 19.9. The van der Waals surface area contributed by atoms with Crippen molar-refractivity contribution in [3.63, 3.8) is 0 Å². The molecule has 3 nitrogen and oxygen atoms in total. The van der Waals surface area contributed by atoms with E-state index in [9.17, 15) is 4.79 Å². The first kappa shape index (κ1) is 12.8. The summed E-state index contributed by atoms with van der Waals surface area (Å²) in [6.45, 7) is 2.08. The second kappa shape index (κ2) is 4.74. The van der Waals surface area contributed by atoms with Crippen LogP contribution in [0.3, 0.4) is 0 Å². The van der Waals surface area contributed by atoms with Crippen molar-refractivity contribution in [2.45, 2.75) is 19.4 Å². The number of amides is 1. The van der Waals surface area contributed by atoms with E-state index in [0.29, 0.717) is 6.42 Å². The van der Waals surface area contributed by atoms with Crippen molar-refractivity contribution in [2.24, 2.45) is 0 Å². The highest BCUT2D eigenvalue weighted by molar-refractivity contribution is 5.98. The van der Waals surface area contributed by atoms with Gasteiger partial charge in [0.1, 0.15) is 0 Å². The lowest BCUT2D eigenvalue weighted by Crippen LogP contribution is -2.31. The lowest BCUT2D eigenvalue weighted by molar-refractivity contribution is -0.118. The Morgan fingerprint density at radius 2 is 1.75 bits per heavy atom. The summed E-state index contributed by atoms with van der Waals surface area (Å²) in [5.74, 6) is 0.180. The fourth-order valence-corrected chi connectivity index (χ4v) is 1.94. The summed E-state index contributed by atoms with van der Waals surface area (Å²) in [6, 6.07) is 8.27. The molecule has 1 aromatic carbocycles. The minimum absolute atomic E-state index is 0. The molecule has 1 heterocycles. The van der Waals surface area contributed by atoms with Crippen LogP contribution in [0.15, 0.2) is 24.3 Å². The molecule has 0 radical (unpaired) electrons. The highest BCUT2D eigenvalue weighted by Gasteiger charge is 2.25. The van der Waals surface area contributed by atoms with Crippen molar-refractivity contribution in [2.75, 3.05) is 23.9 Å². The van der Waals surface area contributed by atoms with Gasteiger partial charge in [0.15, 0.2) is 0 Å². The smallest absolute Gasteiger partial charge is 0.228 e. The minimum Gasteiger partial charge on any atom is -0.370 e. The number of rotatable bonds is 0. The van der Waals surface area contributed by atoms with E-state index in [-0.39, 0.29) is 24.4 Å². The van der Waals surface area contributed by atoms with E-state index in [1.54, 1.807) is 4.90 Å². The van der Waals surface area contributed by atoms with Crippen molar-refractivity contribution in [3.8, 4) is 0 Å². The van der Waals surface area contributed by atoms with Crippen molar-refractivity contribution in [3.05, 3.63) is 24.3 Å². The second-order valence-corrected chi connectivity index (χ2v) is 4.11. The van der Waals surface area contributed by atoms with Crippen molar-refractivity contribution in [1.29, 1.82) is 0 Å². The fourth-order valence-electron chi connectivity index (χ4n) is 1.94. The highest BCUT2D eigenvalue weighted by Crippen LogP contribution is 2.32. The van der Waals surface area contributed by atoms with Crippen LogP contribution >= 0.6 is 12.4 Å². The summed E-state index contributed by atoms with van der Waals surface area (Å²) in [7, 11) is 3.88. The molecule has 0 aromatic heterocycles. The number of hydrogen-bond acceptors (Lipinski definition) is 2. The molecule has 0 fully saturated rings. The predicted octanol–water partition coefficient (Wildman–Crippen LogP) is 2.30. The molecule has 0 N–H and O–H groups in total. The van der Waals surface area contributed by atoms with Gasteiger partial charge in [0.05, 0.1) is 11.4 Å². The molecular weight excluding hydrogens is 224 g/mol. The Kier molecular flexibility index (Phi) is 3.81. The van der Waals surface area contributed by atoms with Crippen LogP contribution < -0.4 is 9.80 Å². The molecule has 0 bridgehead atoms. The van der Waals surface area contributed by atoms with Crippen LogP contribution in [0, 0.1) is 0 Å². The van der Waals surface area contributed by atoms with Crippen LogP contribution in [0.5, 0.6) is 0 Å². The van der Waals surface area contributed by atoms with Gasteiger partial charge >= 0.3 is 0 Å². The fraction of sp³-hybridized carbons (Fsp3) is 0.417. The van der Waals surface area contributed by atoms with E-state index in [1.807, 2.05) is 32.3 Å². The Morgan fingerprint density at radius 1 is 1.19 bits per heavy atom. The van der Waals surface area contributed by atoms with Gasteiger partial charge in [-0.05, 0) is 19.1 Å². The van der Waals surface area contributed by atoms with Crippen LogP contribution in [-0.4, -0.2) is 26.0 Å². The first-order valence-corrected chi connectivity index (χ1v) is 5.19. The molecule has 0 spiro atoms. The van der Waals surface area contributed by atoms with Crippen LogP contribution in [0.1, 0.15) is 13.3 Å². The zero-order valence-electron chi connectivity index (χ0n) is 9.80. The lowest BCUT2D eigenvalue weighted by atomic mass is 10.2. The molecule has 1 aliphatic heterocycles. The number of anilines is 2. The maximum atomic E-state index is 11.8. The molecule has 2 rings (SSSR count). The number of nitrogens with zero attached hydrogens (tertiary/aromatic N) is 2. The number of benzene rings is 1. The third-order valence-electron chi connectivity index (χ3n) is 3.13. The number of fused-ring (bicyclic) bond motifs is 1. The maximum Gasteiger partial charge on any atom is 0.228 e. The molecular formula is C12H17ClN2O. The largest absolute Gasteiger partial charge is 0.370 e. The average Bonchev–Trinajstić information content (AvgIpc) is 2.33. The first-order valence-electron chi connectivity index (χ1n) is 5.19. The van der Waals surface area contributed by atoms with E-state index in [0.717, 1.165) is 11.4 Å². The summed E-state index contributed by atoms with van der Waals surface area (Å²) < 4.78 is 0. The van der Waals surface area contributed by atoms with Crippen LogP contribution in [0.2, 0.25) is 0 Å². The van der Waals surface area contributed by atoms with Gasteiger partial charge in [0.2, 0.25) is 5.91 Å². The zero-order chi connectivity index (χ0) is 11.0. The Bertz CT molecular complexity index is 394. The lowest BCUT2D eigenvalue weighted by Gasteiger charge is -2.25. The van der Waals surface area contributed by atoms with Gasteiger partial charge in [-0.15, -0.1) is 12.4 Å². The Labute approximate surface area is 102 Å².